The molecule has 1 saturated heterocycles. The standard InChI is InChI=1S/C17H21N3O2S/c1-11-18-16(22-19-11)13-6-4-8-20(10-13)17(21)15-9-12-5-2-3-7-14(12)23-15/h9,13H,2-8,10H2,1H3. The molecule has 4 rings (SSSR count). The van der Waals surface area contributed by atoms with Crippen LogP contribution in [0.15, 0.2) is 10.6 Å². The fourth-order valence-corrected chi connectivity index (χ4v) is 4.82. The molecule has 0 spiro atoms. The topological polar surface area (TPSA) is 59.2 Å². The first-order chi connectivity index (χ1) is 11.2. The Morgan fingerprint density at radius 2 is 2.22 bits per heavy atom. The number of rotatable bonds is 2. The van der Waals surface area contributed by atoms with Gasteiger partial charge in [0.15, 0.2) is 5.82 Å². The Morgan fingerprint density at radius 3 is 3.00 bits per heavy atom. The second-order valence-corrected chi connectivity index (χ2v) is 7.67. The summed E-state index contributed by atoms with van der Waals surface area (Å²) in [5.74, 6) is 1.67. The molecule has 1 atom stereocenters. The first kappa shape index (κ1) is 14.9. The fraction of sp³-hybridized carbons (Fsp3) is 0.588. The summed E-state index contributed by atoms with van der Waals surface area (Å²) < 4.78 is 5.31. The number of hydrogen-bond acceptors (Lipinski definition) is 5. The van der Waals surface area contributed by atoms with Gasteiger partial charge in [0.1, 0.15) is 0 Å². The largest absolute Gasteiger partial charge is 0.339 e. The zero-order chi connectivity index (χ0) is 15.8. The van der Waals surface area contributed by atoms with Gasteiger partial charge >= 0.3 is 0 Å². The number of aryl methyl sites for hydroxylation is 3. The van der Waals surface area contributed by atoms with E-state index < -0.39 is 0 Å². The molecule has 0 radical (unpaired) electrons. The van der Waals surface area contributed by atoms with Crippen LogP contribution in [0.4, 0.5) is 0 Å². The number of nitrogens with zero attached hydrogens (tertiary/aromatic N) is 3. The summed E-state index contributed by atoms with van der Waals surface area (Å²) in [6.07, 6.45) is 6.76. The third-order valence-corrected chi connectivity index (χ3v) is 6.03. The molecule has 1 aliphatic heterocycles. The van der Waals surface area contributed by atoms with Crippen LogP contribution >= 0.6 is 11.3 Å². The third-order valence-electron chi connectivity index (χ3n) is 4.81. The van der Waals surface area contributed by atoms with Gasteiger partial charge in [0.2, 0.25) is 5.89 Å². The number of piperidine rings is 1. The Labute approximate surface area is 139 Å². The number of carbonyl (C=O) groups is 1. The number of aromatic nitrogens is 2. The molecule has 2 aliphatic rings. The van der Waals surface area contributed by atoms with E-state index in [1.54, 1.807) is 11.3 Å². The van der Waals surface area contributed by atoms with Gasteiger partial charge in [0, 0.05) is 18.0 Å². The second-order valence-electron chi connectivity index (χ2n) is 6.54. The molecular weight excluding hydrogens is 310 g/mol. The van der Waals surface area contributed by atoms with E-state index in [1.165, 1.54) is 23.3 Å². The number of carbonyl (C=O) groups excluding carboxylic acids is 1. The molecule has 2 aromatic rings. The summed E-state index contributed by atoms with van der Waals surface area (Å²) in [4.78, 5) is 21.5. The molecule has 0 aromatic carbocycles. The molecule has 23 heavy (non-hydrogen) atoms. The molecule has 122 valence electrons. The van der Waals surface area contributed by atoms with Gasteiger partial charge in [-0.25, -0.2) is 0 Å². The first-order valence-corrected chi connectivity index (χ1v) is 9.23. The molecule has 1 amide bonds. The lowest BCUT2D eigenvalue weighted by Gasteiger charge is -2.30. The van der Waals surface area contributed by atoms with Gasteiger partial charge in [-0.1, -0.05) is 5.16 Å². The molecule has 2 aromatic heterocycles. The van der Waals surface area contributed by atoms with Crippen LogP contribution in [0.25, 0.3) is 0 Å². The maximum atomic E-state index is 12.9. The van der Waals surface area contributed by atoms with Gasteiger partial charge in [-0.2, -0.15) is 4.98 Å². The van der Waals surface area contributed by atoms with E-state index in [0.29, 0.717) is 18.3 Å². The second kappa shape index (κ2) is 6.07. The lowest BCUT2D eigenvalue weighted by Crippen LogP contribution is -2.38. The lowest BCUT2D eigenvalue weighted by molar-refractivity contribution is 0.0700. The van der Waals surface area contributed by atoms with Crippen molar-refractivity contribution in [2.45, 2.75) is 51.4 Å². The van der Waals surface area contributed by atoms with E-state index in [0.717, 1.165) is 37.1 Å². The summed E-state index contributed by atoms with van der Waals surface area (Å²) in [6, 6.07) is 2.13. The zero-order valence-electron chi connectivity index (χ0n) is 13.4. The van der Waals surface area contributed by atoms with Crippen LogP contribution in [-0.2, 0) is 12.8 Å². The highest BCUT2D eigenvalue weighted by Gasteiger charge is 2.30. The smallest absolute Gasteiger partial charge is 0.263 e. The van der Waals surface area contributed by atoms with Crippen molar-refractivity contribution >= 4 is 17.2 Å². The fourth-order valence-electron chi connectivity index (χ4n) is 3.59. The van der Waals surface area contributed by atoms with E-state index in [-0.39, 0.29) is 11.8 Å². The Bertz CT molecular complexity index is 698. The Morgan fingerprint density at radius 1 is 1.35 bits per heavy atom. The van der Waals surface area contributed by atoms with Crippen LogP contribution in [0.1, 0.15) is 63.4 Å². The van der Waals surface area contributed by atoms with Gasteiger partial charge in [-0.3, -0.25) is 4.79 Å². The van der Waals surface area contributed by atoms with E-state index in [4.69, 9.17) is 4.52 Å². The zero-order valence-corrected chi connectivity index (χ0v) is 14.2. The normalized spacial score (nSPS) is 21.3. The van der Waals surface area contributed by atoms with Gasteiger partial charge in [-0.15, -0.1) is 11.3 Å². The maximum absolute atomic E-state index is 12.9. The van der Waals surface area contributed by atoms with E-state index in [1.807, 2.05) is 11.8 Å². The van der Waals surface area contributed by atoms with Crippen LogP contribution in [0.3, 0.4) is 0 Å². The molecule has 0 saturated carbocycles. The minimum Gasteiger partial charge on any atom is -0.339 e. The van der Waals surface area contributed by atoms with Gasteiger partial charge in [0.25, 0.3) is 5.91 Å². The predicted octanol–water partition coefficient (Wildman–Crippen LogP) is 3.34. The predicted molar refractivity (Wildman–Crippen MR) is 87.9 cm³/mol. The van der Waals surface area contributed by atoms with Crippen molar-refractivity contribution in [3.05, 3.63) is 33.1 Å². The molecule has 6 heteroatoms. The highest BCUT2D eigenvalue weighted by atomic mass is 32.1. The number of likely N-dealkylation sites (tertiary alicyclic amines) is 1. The Balaban J connectivity index is 1.50. The third kappa shape index (κ3) is 2.92. The van der Waals surface area contributed by atoms with E-state index in [9.17, 15) is 4.79 Å². The minimum atomic E-state index is 0.170. The molecule has 1 unspecified atom stereocenters. The van der Waals surface area contributed by atoms with Crippen molar-refractivity contribution in [1.29, 1.82) is 0 Å². The van der Waals surface area contributed by atoms with Crippen LogP contribution in [-0.4, -0.2) is 34.0 Å². The van der Waals surface area contributed by atoms with Crippen LogP contribution in [0, 0.1) is 6.92 Å². The van der Waals surface area contributed by atoms with Crippen LogP contribution < -0.4 is 0 Å². The average Bonchev–Trinajstić information content (AvgIpc) is 3.20. The highest BCUT2D eigenvalue weighted by Crippen LogP contribution is 2.32. The molecule has 3 heterocycles. The SMILES string of the molecule is Cc1noc(C2CCCN(C(=O)c3cc4c(s3)CCCC4)C2)n1. The van der Waals surface area contributed by atoms with Crippen LogP contribution in [0.5, 0.6) is 0 Å². The van der Waals surface area contributed by atoms with Crippen LogP contribution in [0.2, 0.25) is 0 Å². The monoisotopic (exact) mass is 331 g/mol. The van der Waals surface area contributed by atoms with Crippen molar-refractivity contribution in [3.63, 3.8) is 0 Å². The summed E-state index contributed by atoms with van der Waals surface area (Å²) in [5, 5.41) is 3.88. The lowest BCUT2D eigenvalue weighted by atomic mass is 9.97. The van der Waals surface area contributed by atoms with Gasteiger partial charge < -0.3 is 9.42 Å². The van der Waals surface area contributed by atoms with Gasteiger partial charge in [-0.05, 0) is 57.1 Å². The van der Waals surface area contributed by atoms with Gasteiger partial charge in [0.05, 0.1) is 10.8 Å². The molecule has 1 aliphatic carbocycles. The maximum Gasteiger partial charge on any atom is 0.263 e. The van der Waals surface area contributed by atoms with Crippen molar-refractivity contribution in [2.75, 3.05) is 13.1 Å². The quantitative estimate of drug-likeness (QED) is 0.847. The molecule has 1 fully saturated rings. The summed E-state index contributed by atoms with van der Waals surface area (Å²) >= 11 is 1.70. The minimum absolute atomic E-state index is 0.170. The van der Waals surface area contributed by atoms with Crippen molar-refractivity contribution < 1.29 is 9.32 Å². The molecular formula is C17H21N3O2S. The summed E-state index contributed by atoms with van der Waals surface area (Å²) in [5.41, 5.74) is 1.39. The first-order valence-electron chi connectivity index (χ1n) is 8.42. The highest BCUT2D eigenvalue weighted by molar-refractivity contribution is 7.14. The molecule has 5 nitrogen and oxygen atoms in total. The number of hydrogen-bond donors (Lipinski definition) is 0. The summed E-state index contributed by atoms with van der Waals surface area (Å²) in [6.45, 7) is 3.34. The summed E-state index contributed by atoms with van der Waals surface area (Å²) in [7, 11) is 0. The van der Waals surface area contributed by atoms with Crippen molar-refractivity contribution in [2.24, 2.45) is 0 Å². The number of thiophene rings is 1. The Kier molecular flexibility index (Phi) is 3.93. The van der Waals surface area contributed by atoms with Crippen molar-refractivity contribution in [1.82, 2.24) is 15.0 Å². The van der Waals surface area contributed by atoms with Crippen molar-refractivity contribution in [3.8, 4) is 0 Å². The number of fused-ring (bicyclic) bond motifs is 1. The number of amides is 1. The Hall–Kier alpha value is -1.69. The molecule has 0 bridgehead atoms. The molecule has 0 N–H and O–H groups in total. The average molecular weight is 331 g/mol. The van der Waals surface area contributed by atoms with E-state index in [2.05, 4.69) is 16.2 Å². The van der Waals surface area contributed by atoms with E-state index >= 15 is 0 Å².